The maximum atomic E-state index is 10.6. The SMILES string of the molecule is Cc1csc(Nc2cc(Sc3cccc(OCC(=O)O)c3)ccn2)n1. The fraction of sp³-hybridized carbons (Fsp3) is 0.118. The van der Waals surface area contributed by atoms with Crippen molar-refractivity contribution in [3.63, 3.8) is 0 Å². The highest BCUT2D eigenvalue weighted by Gasteiger charge is 2.05. The highest BCUT2D eigenvalue weighted by molar-refractivity contribution is 7.99. The number of anilines is 2. The second-order valence-electron chi connectivity index (χ2n) is 5.06. The second kappa shape index (κ2) is 8.00. The number of aliphatic carboxylic acids is 1. The molecule has 0 unspecified atom stereocenters. The third kappa shape index (κ3) is 5.20. The number of nitrogens with zero attached hydrogens (tertiary/aromatic N) is 2. The maximum absolute atomic E-state index is 10.6. The number of ether oxygens (including phenoxy) is 1. The van der Waals surface area contributed by atoms with Gasteiger partial charge in [0.2, 0.25) is 0 Å². The van der Waals surface area contributed by atoms with Crippen LogP contribution < -0.4 is 10.1 Å². The lowest BCUT2D eigenvalue weighted by molar-refractivity contribution is -0.139. The number of pyridine rings is 1. The molecule has 0 bridgehead atoms. The molecule has 0 aliphatic heterocycles. The molecule has 0 saturated carbocycles. The zero-order valence-corrected chi connectivity index (χ0v) is 14.9. The monoisotopic (exact) mass is 373 g/mol. The van der Waals surface area contributed by atoms with Crippen molar-refractivity contribution in [3.05, 3.63) is 53.7 Å². The Morgan fingerprint density at radius 3 is 2.92 bits per heavy atom. The molecule has 0 aliphatic carbocycles. The van der Waals surface area contributed by atoms with Crippen LogP contribution in [-0.2, 0) is 4.79 Å². The minimum atomic E-state index is -1.000. The molecule has 128 valence electrons. The molecule has 1 aromatic carbocycles. The first kappa shape index (κ1) is 17.2. The Balaban J connectivity index is 1.69. The fourth-order valence-electron chi connectivity index (χ4n) is 1.97. The quantitative estimate of drug-likeness (QED) is 0.642. The summed E-state index contributed by atoms with van der Waals surface area (Å²) in [5.74, 6) is 0.246. The van der Waals surface area contributed by atoms with E-state index in [0.717, 1.165) is 26.4 Å². The van der Waals surface area contributed by atoms with Gasteiger partial charge in [0.15, 0.2) is 11.7 Å². The van der Waals surface area contributed by atoms with E-state index in [1.165, 1.54) is 11.3 Å². The molecule has 25 heavy (non-hydrogen) atoms. The summed E-state index contributed by atoms with van der Waals surface area (Å²) in [4.78, 5) is 21.2. The van der Waals surface area contributed by atoms with Crippen molar-refractivity contribution >= 4 is 40.0 Å². The van der Waals surface area contributed by atoms with Crippen LogP contribution >= 0.6 is 23.1 Å². The van der Waals surface area contributed by atoms with Crippen LogP contribution in [0.4, 0.5) is 10.9 Å². The van der Waals surface area contributed by atoms with E-state index in [4.69, 9.17) is 9.84 Å². The van der Waals surface area contributed by atoms with Crippen molar-refractivity contribution < 1.29 is 14.6 Å². The van der Waals surface area contributed by atoms with Crippen LogP contribution in [0.2, 0.25) is 0 Å². The summed E-state index contributed by atoms with van der Waals surface area (Å²) in [6, 6.07) is 11.2. The van der Waals surface area contributed by atoms with Crippen LogP contribution in [0.5, 0.6) is 5.75 Å². The van der Waals surface area contributed by atoms with Gasteiger partial charge in [-0.05, 0) is 37.3 Å². The van der Waals surface area contributed by atoms with Crippen LogP contribution in [0.15, 0.2) is 57.8 Å². The van der Waals surface area contributed by atoms with Crippen LogP contribution in [0, 0.1) is 6.92 Å². The molecular weight excluding hydrogens is 358 g/mol. The summed E-state index contributed by atoms with van der Waals surface area (Å²) in [5.41, 5.74) is 0.969. The summed E-state index contributed by atoms with van der Waals surface area (Å²) in [5, 5.41) is 14.6. The van der Waals surface area contributed by atoms with Crippen molar-refractivity contribution in [1.29, 1.82) is 0 Å². The molecule has 2 N–H and O–H groups in total. The fourth-order valence-corrected chi connectivity index (χ4v) is 3.56. The smallest absolute Gasteiger partial charge is 0.341 e. The van der Waals surface area contributed by atoms with Gasteiger partial charge < -0.3 is 15.2 Å². The summed E-state index contributed by atoms with van der Waals surface area (Å²) >= 11 is 3.07. The van der Waals surface area contributed by atoms with E-state index in [0.29, 0.717) is 5.75 Å². The van der Waals surface area contributed by atoms with E-state index in [1.54, 1.807) is 24.0 Å². The Morgan fingerprint density at radius 2 is 2.16 bits per heavy atom. The van der Waals surface area contributed by atoms with Gasteiger partial charge in [-0.1, -0.05) is 17.8 Å². The van der Waals surface area contributed by atoms with Crippen LogP contribution in [-0.4, -0.2) is 27.7 Å². The molecule has 0 radical (unpaired) electrons. The van der Waals surface area contributed by atoms with Crippen molar-refractivity contribution in [2.24, 2.45) is 0 Å². The van der Waals surface area contributed by atoms with E-state index in [-0.39, 0.29) is 6.61 Å². The average molecular weight is 373 g/mol. The van der Waals surface area contributed by atoms with Gasteiger partial charge in [-0.15, -0.1) is 11.3 Å². The molecule has 0 spiro atoms. The van der Waals surface area contributed by atoms with Gasteiger partial charge in [-0.2, -0.15) is 0 Å². The summed E-state index contributed by atoms with van der Waals surface area (Å²) < 4.78 is 5.21. The van der Waals surface area contributed by atoms with Gasteiger partial charge in [-0.25, -0.2) is 14.8 Å². The Hall–Kier alpha value is -2.58. The number of hydrogen-bond acceptors (Lipinski definition) is 7. The zero-order valence-electron chi connectivity index (χ0n) is 13.3. The molecule has 2 heterocycles. The Kier molecular flexibility index (Phi) is 5.52. The molecule has 8 heteroatoms. The second-order valence-corrected chi connectivity index (χ2v) is 7.06. The van der Waals surface area contributed by atoms with Gasteiger partial charge >= 0.3 is 5.97 Å². The van der Waals surface area contributed by atoms with E-state index in [2.05, 4.69) is 15.3 Å². The van der Waals surface area contributed by atoms with E-state index < -0.39 is 5.97 Å². The number of thiazole rings is 1. The minimum Gasteiger partial charge on any atom is -0.482 e. The normalized spacial score (nSPS) is 10.4. The molecule has 6 nitrogen and oxygen atoms in total. The predicted molar refractivity (Wildman–Crippen MR) is 98.1 cm³/mol. The predicted octanol–water partition coefficient (Wildman–Crippen LogP) is 4.20. The van der Waals surface area contributed by atoms with E-state index in [1.807, 2.05) is 42.6 Å². The number of carbonyl (C=O) groups is 1. The number of nitrogens with one attached hydrogen (secondary N) is 1. The molecule has 3 aromatic rings. The molecule has 0 amide bonds. The topological polar surface area (TPSA) is 84.3 Å². The molecule has 0 fully saturated rings. The summed E-state index contributed by atoms with van der Waals surface area (Å²) in [6.45, 7) is 1.59. The van der Waals surface area contributed by atoms with Crippen LogP contribution in [0.3, 0.4) is 0 Å². The molecular formula is C17H15N3O3S2. The lowest BCUT2D eigenvalue weighted by atomic mass is 10.3. The first-order valence-electron chi connectivity index (χ1n) is 7.36. The Bertz CT molecular complexity index is 883. The van der Waals surface area contributed by atoms with Crippen molar-refractivity contribution in [1.82, 2.24) is 9.97 Å². The van der Waals surface area contributed by atoms with Gasteiger partial charge in [0.1, 0.15) is 11.6 Å². The van der Waals surface area contributed by atoms with Crippen molar-refractivity contribution in [3.8, 4) is 5.75 Å². The number of benzene rings is 1. The lowest BCUT2D eigenvalue weighted by Crippen LogP contribution is -2.09. The minimum absolute atomic E-state index is 0.356. The largest absolute Gasteiger partial charge is 0.482 e. The first-order chi connectivity index (χ1) is 12.1. The molecule has 2 aromatic heterocycles. The number of rotatable bonds is 7. The molecule has 3 rings (SSSR count). The standard InChI is InChI=1S/C17H15N3O3S2/c1-11-10-24-17(19-11)20-15-8-14(5-6-18-15)25-13-4-2-3-12(7-13)23-9-16(21)22/h2-8,10H,9H2,1H3,(H,21,22)(H,18,19,20). The lowest BCUT2D eigenvalue weighted by Gasteiger charge is -2.07. The third-order valence-corrected chi connectivity index (χ3v) is 4.84. The van der Waals surface area contributed by atoms with Gasteiger partial charge in [0.05, 0.1) is 5.69 Å². The number of carboxylic acid groups (broad SMARTS) is 1. The van der Waals surface area contributed by atoms with Crippen molar-refractivity contribution in [2.75, 3.05) is 11.9 Å². The first-order valence-corrected chi connectivity index (χ1v) is 9.06. The van der Waals surface area contributed by atoms with Crippen LogP contribution in [0.25, 0.3) is 0 Å². The maximum Gasteiger partial charge on any atom is 0.341 e. The molecule has 0 saturated heterocycles. The van der Waals surface area contributed by atoms with E-state index >= 15 is 0 Å². The number of aryl methyl sites for hydroxylation is 1. The van der Waals surface area contributed by atoms with Crippen LogP contribution in [0.1, 0.15) is 5.69 Å². The summed E-state index contributed by atoms with van der Waals surface area (Å²) in [6.07, 6.45) is 1.73. The highest BCUT2D eigenvalue weighted by atomic mass is 32.2. The Labute approximate surface area is 152 Å². The van der Waals surface area contributed by atoms with Crippen molar-refractivity contribution in [2.45, 2.75) is 16.7 Å². The zero-order chi connectivity index (χ0) is 17.6. The number of aromatic nitrogens is 2. The van der Waals surface area contributed by atoms with Gasteiger partial charge in [0, 0.05) is 21.4 Å². The van der Waals surface area contributed by atoms with Gasteiger partial charge in [-0.3, -0.25) is 0 Å². The average Bonchev–Trinajstić information content (AvgIpc) is 2.98. The van der Waals surface area contributed by atoms with E-state index in [9.17, 15) is 4.79 Å². The van der Waals surface area contributed by atoms with Gasteiger partial charge in [0.25, 0.3) is 0 Å². The number of carboxylic acids is 1. The summed E-state index contributed by atoms with van der Waals surface area (Å²) in [7, 11) is 0. The molecule has 0 aliphatic rings. The highest BCUT2D eigenvalue weighted by Crippen LogP contribution is 2.31. The molecule has 0 atom stereocenters. The Morgan fingerprint density at radius 1 is 1.32 bits per heavy atom. The third-order valence-electron chi connectivity index (χ3n) is 2.99. The number of hydrogen-bond donors (Lipinski definition) is 2.